The summed E-state index contributed by atoms with van der Waals surface area (Å²) in [5, 5.41) is 10.7. The molecule has 0 spiro atoms. The first kappa shape index (κ1) is 12.9. The normalized spacial score (nSPS) is 12.2. The molecule has 0 bridgehead atoms. The highest BCUT2D eigenvalue weighted by Gasteiger charge is 2.08. The molecule has 0 aliphatic rings. The molecular formula is C15H15ClO2. The van der Waals surface area contributed by atoms with Crippen LogP contribution >= 0.6 is 11.6 Å². The van der Waals surface area contributed by atoms with Crippen molar-refractivity contribution >= 4 is 11.6 Å². The Morgan fingerprint density at radius 3 is 2.56 bits per heavy atom. The second-order valence-corrected chi connectivity index (χ2v) is 4.58. The van der Waals surface area contributed by atoms with Gasteiger partial charge in [-0.15, -0.1) is 0 Å². The number of aryl methyl sites for hydroxylation is 1. The summed E-state index contributed by atoms with van der Waals surface area (Å²) in [6, 6.07) is 14.9. The number of halogens is 1. The van der Waals surface area contributed by atoms with Crippen LogP contribution in [0.25, 0.3) is 0 Å². The Hall–Kier alpha value is -1.51. The van der Waals surface area contributed by atoms with Crippen LogP contribution in [0.1, 0.15) is 17.2 Å². The molecule has 18 heavy (non-hydrogen) atoms. The van der Waals surface area contributed by atoms with Gasteiger partial charge in [-0.3, -0.25) is 0 Å². The van der Waals surface area contributed by atoms with Crippen molar-refractivity contribution in [3.63, 3.8) is 0 Å². The predicted octanol–water partition coefficient (Wildman–Crippen LogP) is 3.76. The summed E-state index contributed by atoms with van der Waals surface area (Å²) in [5.41, 5.74) is 1.81. The fourth-order valence-corrected chi connectivity index (χ4v) is 1.94. The van der Waals surface area contributed by atoms with Crippen LogP contribution in [-0.2, 0) is 0 Å². The summed E-state index contributed by atoms with van der Waals surface area (Å²) in [5.74, 6) is 0.745. The van der Waals surface area contributed by atoms with E-state index < -0.39 is 6.10 Å². The fraction of sp³-hybridized carbons (Fsp3) is 0.200. The maximum atomic E-state index is 9.98. The fourth-order valence-electron chi connectivity index (χ4n) is 1.71. The Labute approximate surface area is 112 Å². The zero-order chi connectivity index (χ0) is 13.0. The van der Waals surface area contributed by atoms with E-state index in [1.165, 1.54) is 0 Å². The maximum Gasteiger partial charge on any atom is 0.122 e. The summed E-state index contributed by atoms with van der Waals surface area (Å²) >= 11 is 5.87. The topological polar surface area (TPSA) is 29.5 Å². The smallest absolute Gasteiger partial charge is 0.122 e. The van der Waals surface area contributed by atoms with E-state index in [1.807, 2.05) is 49.4 Å². The highest BCUT2D eigenvalue weighted by Crippen LogP contribution is 2.23. The second kappa shape index (κ2) is 5.89. The standard InChI is InChI=1S/C15H15ClO2/c1-11-9-13(16)7-8-15(11)18-10-14(17)12-5-3-2-4-6-12/h2-9,14,17H,10H2,1H3/t14-/m1/s1. The third-order valence-electron chi connectivity index (χ3n) is 2.72. The maximum absolute atomic E-state index is 9.98. The van der Waals surface area contributed by atoms with Crippen molar-refractivity contribution in [2.45, 2.75) is 13.0 Å². The van der Waals surface area contributed by atoms with Crippen molar-refractivity contribution in [1.82, 2.24) is 0 Å². The van der Waals surface area contributed by atoms with E-state index in [4.69, 9.17) is 16.3 Å². The third kappa shape index (κ3) is 3.25. The van der Waals surface area contributed by atoms with Gasteiger partial charge in [-0.05, 0) is 36.2 Å². The van der Waals surface area contributed by atoms with Crippen molar-refractivity contribution in [2.75, 3.05) is 6.61 Å². The monoisotopic (exact) mass is 262 g/mol. The van der Waals surface area contributed by atoms with Crippen LogP contribution < -0.4 is 4.74 Å². The van der Waals surface area contributed by atoms with Crippen LogP contribution in [0.2, 0.25) is 5.02 Å². The zero-order valence-corrected chi connectivity index (χ0v) is 10.9. The lowest BCUT2D eigenvalue weighted by molar-refractivity contribution is 0.108. The first-order valence-corrected chi connectivity index (χ1v) is 6.16. The van der Waals surface area contributed by atoms with Crippen LogP contribution in [0.5, 0.6) is 5.75 Å². The molecule has 0 saturated heterocycles. The molecule has 2 aromatic rings. The first-order valence-electron chi connectivity index (χ1n) is 5.79. The molecule has 0 heterocycles. The van der Waals surface area contributed by atoms with Gasteiger partial charge in [-0.25, -0.2) is 0 Å². The van der Waals surface area contributed by atoms with Gasteiger partial charge in [0.15, 0.2) is 0 Å². The van der Waals surface area contributed by atoms with Crippen LogP contribution in [0, 0.1) is 6.92 Å². The number of aliphatic hydroxyl groups is 1. The van der Waals surface area contributed by atoms with Gasteiger partial charge < -0.3 is 9.84 Å². The molecule has 0 amide bonds. The quantitative estimate of drug-likeness (QED) is 0.909. The largest absolute Gasteiger partial charge is 0.490 e. The highest BCUT2D eigenvalue weighted by molar-refractivity contribution is 6.30. The molecule has 1 atom stereocenters. The molecule has 0 aromatic heterocycles. The second-order valence-electron chi connectivity index (χ2n) is 4.15. The number of benzene rings is 2. The predicted molar refractivity (Wildman–Crippen MR) is 73.1 cm³/mol. The van der Waals surface area contributed by atoms with Gasteiger partial charge in [0, 0.05) is 5.02 Å². The Morgan fingerprint density at radius 1 is 1.17 bits per heavy atom. The summed E-state index contributed by atoms with van der Waals surface area (Å²) < 4.78 is 5.60. The molecule has 0 aliphatic carbocycles. The lowest BCUT2D eigenvalue weighted by atomic mass is 10.1. The number of hydrogen-bond donors (Lipinski definition) is 1. The SMILES string of the molecule is Cc1cc(Cl)ccc1OC[C@@H](O)c1ccccc1. The lowest BCUT2D eigenvalue weighted by Gasteiger charge is -2.14. The Morgan fingerprint density at radius 2 is 1.89 bits per heavy atom. The van der Waals surface area contributed by atoms with Gasteiger partial charge in [0.05, 0.1) is 0 Å². The number of ether oxygens (including phenoxy) is 1. The molecule has 94 valence electrons. The van der Waals surface area contributed by atoms with Gasteiger partial charge in [-0.1, -0.05) is 41.9 Å². The van der Waals surface area contributed by atoms with Gasteiger partial charge in [-0.2, -0.15) is 0 Å². The minimum absolute atomic E-state index is 0.229. The van der Waals surface area contributed by atoms with Crippen LogP contribution in [0.15, 0.2) is 48.5 Å². The molecule has 0 fully saturated rings. The Bertz CT molecular complexity index is 511. The van der Waals surface area contributed by atoms with E-state index in [0.29, 0.717) is 5.02 Å². The van der Waals surface area contributed by atoms with Gasteiger partial charge >= 0.3 is 0 Å². The average molecular weight is 263 g/mol. The van der Waals surface area contributed by atoms with Crippen molar-refractivity contribution in [2.24, 2.45) is 0 Å². The number of hydrogen-bond acceptors (Lipinski definition) is 2. The van der Waals surface area contributed by atoms with E-state index in [9.17, 15) is 5.11 Å². The zero-order valence-electron chi connectivity index (χ0n) is 10.1. The molecule has 2 nitrogen and oxygen atoms in total. The Kier molecular flexibility index (Phi) is 4.24. The molecule has 3 heteroatoms. The average Bonchev–Trinajstić information content (AvgIpc) is 2.38. The molecule has 0 aliphatic heterocycles. The van der Waals surface area contributed by atoms with Gasteiger partial charge in [0.25, 0.3) is 0 Å². The third-order valence-corrected chi connectivity index (χ3v) is 2.95. The van der Waals surface area contributed by atoms with E-state index in [0.717, 1.165) is 16.9 Å². The summed E-state index contributed by atoms with van der Waals surface area (Å²) in [7, 11) is 0. The van der Waals surface area contributed by atoms with Crippen molar-refractivity contribution in [1.29, 1.82) is 0 Å². The van der Waals surface area contributed by atoms with Crippen LogP contribution in [0.3, 0.4) is 0 Å². The number of rotatable bonds is 4. The van der Waals surface area contributed by atoms with E-state index in [2.05, 4.69) is 0 Å². The van der Waals surface area contributed by atoms with Crippen molar-refractivity contribution in [3.8, 4) is 5.75 Å². The minimum Gasteiger partial charge on any atom is -0.490 e. The van der Waals surface area contributed by atoms with Gasteiger partial charge in [0.1, 0.15) is 18.5 Å². The number of aliphatic hydroxyl groups excluding tert-OH is 1. The lowest BCUT2D eigenvalue weighted by Crippen LogP contribution is -2.10. The summed E-state index contributed by atoms with van der Waals surface area (Å²) in [4.78, 5) is 0. The van der Waals surface area contributed by atoms with Crippen LogP contribution in [0.4, 0.5) is 0 Å². The van der Waals surface area contributed by atoms with Gasteiger partial charge in [0.2, 0.25) is 0 Å². The summed E-state index contributed by atoms with van der Waals surface area (Å²) in [6.07, 6.45) is -0.624. The van der Waals surface area contributed by atoms with E-state index in [1.54, 1.807) is 6.07 Å². The Balaban J connectivity index is 1.99. The molecular weight excluding hydrogens is 248 g/mol. The first-order chi connectivity index (χ1) is 8.66. The minimum atomic E-state index is -0.624. The van der Waals surface area contributed by atoms with E-state index >= 15 is 0 Å². The molecule has 0 radical (unpaired) electrons. The van der Waals surface area contributed by atoms with E-state index in [-0.39, 0.29) is 6.61 Å². The van der Waals surface area contributed by atoms with Crippen LogP contribution in [-0.4, -0.2) is 11.7 Å². The van der Waals surface area contributed by atoms with Crippen molar-refractivity contribution in [3.05, 3.63) is 64.7 Å². The summed E-state index contributed by atoms with van der Waals surface area (Å²) in [6.45, 7) is 2.16. The molecule has 1 N–H and O–H groups in total. The molecule has 0 unspecified atom stereocenters. The highest BCUT2D eigenvalue weighted by atomic mass is 35.5. The molecule has 2 aromatic carbocycles. The van der Waals surface area contributed by atoms with Crippen molar-refractivity contribution < 1.29 is 9.84 Å². The molecule has 2 rings (SSSR count). The molecule has 0 saturated carbocycles.